The van der Waals surface area contributed by atoms with Crippen LogP contribution in [0.1, 0.15) is 20.7 Å². The number of hydrogen-bond donors (Lipinski definition) is 2. The molecule has 6 rings (SSSR count). The molecule has 0 radical (unpaired) electrons. The lowest BCUT2D eigenvalue weighted by molar-refractivity contribution is 0.0599. The fourth-order valence-corrected chi connectivity index (χ4v) is 3.51. The highest BCUT2D eigenvalue weighted by Gasteiger charge is 2.06. The topological polar surface area (TPSA) is 110 Å². The van der Waals surface area contributed by atoms with E-state index in [2.05, 4.69) is 19.7 Å². The number of hydrogen-bond acceptors (Lipinski definition) is 5. The van der Waals surface area contributed by atoms with Gasteiger partial charge in [0.2, 0.25) is 0 Å². The Bertz CT molecular complexity index is 1630. The predicted octanol–water partition coefficient (Wildman–Crippen LogP) is 5.90. The number of aromatic amines is 1. The maximum Gasteiger partial charge on any atom is 0.337 e. The van der Waals surface area contributed by atoms with Crippen LogP contribution in [0.4, 0.5) is 4.39 Å². The van der Waals surface area contributed by atoms with E-state index in [4.69, 9.17) is 5.11 Å². The van der Waals surface area contributed by atoms with Crippen molar-refractivity contribution in [3.8, 4) is 5.69 Å². The number of H-pyrrole nitrogens is 1. The second-order valence-corrected chi connectivity index (χ2v) is 7.87. The van der Waals surface area contributed by atoms with Crippen LogP contribution >= 0.6 is 0 Å². The number of para-hydroxylation sites is 4. The van der Waals surface area contributed by atoms with Crippen molar-refractivity contribution in [3.05, 3.63) is 127 Å². The zero-order valence-corrected chi connectivity index (χ0v) is 20.3. The highest BCUT2D eigenvalue weighted by molar-refractivity contribution is 5.89. The minimum Gasteiger partial charge on any atom is -0.478 e. The molecule has 2 heterocycles. The van der Waals surface area contributed by atoms with Gasteiger partial charge in [0.15, 0.2) is 0 Å². The smallest absolute Gasteiger partial charge is 0.337 e. The Morgan fingerprint density at radius 1 is 0.816 bits per heavy atom. The predicted molar refractivity (Wildman–Crippen MR) is 142 cm³/mol. The van der Waals surface area contributed by atoms with Crippen molar-refractivity contribution < 1.29 is 23.8 Å². The van der Waals surface area contributed by atoms with Gasteiger partial charge in [0.1, 0.15) is 12.1 Å². The Balaban J connectivity index is 0.000000144. The van der Waals surface area contributed by atoms with E-state index in [1.54, 1.807) is 36.9 Å². The number of esters is 1. The third-order valence-electron chi connectivity index (χ3n) is 5.44. The first kappa shape index (κ1) is 25.8. The second-order valence-electron chi connectivity index (χ2n) is 7.87. The summed E-state index contributed by atoms with van der Waals surface area (Å²) in [6.45, 7) is 0. The van der Waals surface area contributed by atoms with Crippen LogP contribution in [0, 0.1) is 5.82 Å². The summed E-state index contributed by atoms with van der Waals surface area (Å²) >= 11 is 0. The van der Waals surface area contributed by atoms with Crippen LogP contribution in [0.3, 0.4) is 0 Å². The van der Waals surface area contributed by atoms with E-state index < -0.39 is 11.9 Å². The van der Waals surface area contributed by atoms with Crippen molar-refractivity contribution in [2.75, 3.05) is 7.11 Å². The monoisotopic (exact) mass is 510 g/mol. The van der Waals surface area contributed by atoms with Gasteiger partial charge in [0.05, 0.1) is 46.6 Å². The molecular formula is C29H23FN4O4. The Kier molecular flexibility index (Phi) is 8.20. The number of aromatic nitrogens is 4. The van der Waals surface area contributed by atoms with E-state index >= 15 is 0 Å². The number of imidazole rings is 2. The van der Waals surface area contributed by atoms with Crippen molar-refractivity contribution in [1.82, 2.24) is 19.5 Å². The molecule has 0 fully saturated rings. The summed E-state index contributed by atoms with van der Waals surface area (Å²) in [6, 6.07) is 27.7. The first-order valence-corrected chi connectivity index (χ1v) is 11.4. The third-order valence-corrected chi connectivity index (χ3v) is 5.44. The molecule has 0 aliphatic rings. The van der Waals surface area contributed by atoms with Gasteiger partial charge in [-0.2, -0.15) is 0 Å². The molecule has 2 N–H and O–H groups in total. The largest absolute Gasteiger partial charge is 0.478 e. The summed E-state index contributed by atoms with van der Waals surface area (Å²) < 4.78 is 18.6. The molecule has 6 aromatic rings. The quantitative estimate of drug-likeness (QED) is 0.287. The molecule has 38 heavy (non-hydrogen) atoms. The SMILES string of the molecule is COC(=O)c1ccc(F)cc1.O=C(O)c1ccc(-n2cnc3ccccc32)cc1.c1ccc2[nH]cnc2c1. The van der Waals surface area contributed by atoms with Crippen LogP contribution in [0.25, 0.3) is 27.8 Å². The van der Waals surface area contributed by atoms with Crippen molar-refractivity contribution in [2.45, 2.75) is 0 Å². The van der Waals surface area contributed by atoms with E-state index in [0.29, 0.717) is 5.56 Å². The number of nitrogens with one attached hydrogen (secondary N) is 1. The maximum absolute atomic E-state index is 12.3. The standard InChI is InChI=1S/C14H10N2O2.C8H7FO2.C7H6N2/c17-14(18)10-5-7-11(8-6-10)16-9-15-12-3-1-2-4-13(12)16;1-11-8(10)6-2-4-7(9)5-3-6;1-2-4-7-6(3-1)8-5-9-7/h1-9H,(H,17,18);2-5H,1H3;1-5H,(H,8,9). The van der Waals surface area contributed by atoms with E-state index in [1.165, 1.54) is 31.4 Å². The van der Waals surface area contributed by atoms with Crippen molar-refractivity contribution in [2.24, 2.45) is 0 Å². The first-order valence-electron chi connectivity index (χ1n) is 11.4. The molecule has 190 valence electrons. The average molecular weight is 511 g/mol. The number of benzene rings is 4. The number of halogens is 1. The molecule has 4 aromatic carbocycles. The molecular weight excluding hydrogens is 487 g/mol. The molecule has 9 heteroatoms. The molecule has 0 saturated heterocycles. The molecule has 0 saturated carbocycles. The third kappa shape index (κ3) is 6.27. The number of aromatic carboxylic acids is 1. The normalized spacial score (nSPS) is 10.2. The highest BCUT2D eigenvalue weighted by atomic mass is 19.1. The number of fused-ring (bicyclic) bond motifs is 2. The lowest BCUT2D eigenvalue weighted by atomic mass is 10.2. The number of ether oxygens (including phenoxy) is 1. The fraction of sp³-hybridized carbons (Fsp3) is 0.0345. The van der Waals surface area contributed by atoms with Crippen LogP contribution in [0.2, 0.25) is 0 Å². The molecule has 0 amide bonds. The Morgan fingerprint density at radius 3 is 2.11 bits per heavy atom. The van der Waals surface area contributed by atoms with Gasteiger partial charge in [-0.1, -0.05) is 24.3 Å². The van der Waals surface area contributed by atoms with E-state index in [9.17, 15) is 14.0 Å². The Hall–Kier alpha value is -5.31. The van der Waals surface area contributed by atoms with Crippen molar-refractivity contribution >= 4 is 34.0 Å². The lowest BCUT2D eigenvalue weighted by Gasteiger charge is -2.04. The van der Waals surface area contributed by atoms with Crippen LogP contribution in [-0.2, 0) is 4.74 Å². The fourth-order valence-electron chi connectivity index (χ4n) is 3.51. The zero-order chi connectivity index (χ0) is 26.9. The Morgan fingerprint density at radius 2 is 1.45 bits per heavy atom. The Labute approximate surface area is 217 Å². The summed E-state index contributed by atoms with van der Waals surface area (Å²) in [6.07, 6.45) is 3.44. The number of carboxylic acid groups (broad SMARTS) is 1. The molecule has 0 unspecified atom stereocenters. The summed E-state index contributed by atoms with van der Waals surface area (Å²) in [5.41, 5.74) is 5.57. The highest BCUT2D eigenvalue weighted by Crippen LogP contribution is 2.18. The van der Waals surface area contributed by atoms with Gasteiger partial charge in [-0.25, -0.2) is 23.9 Å². The second kappa shape index (κ2) is 12.1. The van der Waals surface area contributed by atoms with Gasteiger partial charge in [0.25, 0.3) is 0 Å². The van der Waals surface area contributed by atoms with Gasteiger partial charge in [0, 0.05) is 5.69 Å². The lowest BCUT2D eigenvalue weighted by Crippen LogP contribution is -2.00. The first-order chi connectivity index (χ1) is 18.5. The van der Waals surface area contributed by atoms with Crippen molar-refractivity contribution in [1.29, 1.82) is 0 Å². The summed E-state index contributed by atoms with van der Waals surface area (Å²) in [5, 5.41) is 8.86. The number of rotatable bonds is 3. The molecule has 8 nitrogen and oxygen atoms in total. The van der Waals surface area contributed by atoms with E-state index in [1.807, 2.05) is 53.1 Å². The van der Waals surface area contributed by atoms with Gasteiger partial charge >= 0.3 is 11.9 Å². The molecule has 0 atom stereocenters. The number of methoxy groups -OCH3 is 1. The van der Waals surface area contributed by atoms with Crippen LogP contribution in [0.15, 0.2) is 110 Å². The number of nitrogens with zero attached hydrogens (tertiary/aromatic N) is 3. The maximum atomic E-state index is 12.3. The summed E-state index contributed by atoms with van der Waals surface area (Å²) in [7, 11) is 1.28. The summed E-state index contributed by atoms with van der Waals surface area (Å²) in [5.74, 6) is -1.74. The molecule has 0 spiro atoms. The molecule has 0 bridgehead atoms. The molecule has 0 aliphatic carbocycles. The number of carboxylic acids is 1. The average Bonchev–Trinajstić information content (AvgIpc) is 3.61. The van der Waals surface area contributed by atoms with Crippen LogP contribution in [0.5, 0.6) is 0 Å². The summed E-state index contributed by atoms with van der Waals surface area (Å²) in [4.78, 5) is 32.9. The van der Waals surface area contributed by atoms with Crippen LogP contribution < -0.4 is 0 Å². The van der Waals surface area contributed by atoms with Gasteiger partial charge in [-0.05, 0) is 72.8 Å². The minimum atomic E-state index is -0.919. The molecule has 0 aliphatic heterocycles. The van der Waals surface area contributed by atoms with Gasteiger partial charge < -0.3 is 14.8 Å². The van der Waals surface area contributed by atoms with Gasteiger partial charge in [-0.3, -0.25) is 4.57 Å². The van der Waals surface area contributed by atoms with Crippen LogP contribution in [-0.4, -0.2) is 43.7 Å². The van der Waals surface area contributed by atoms with Crippen molar-refractivity contribution in [3.63, 3.8) is 0 Å². The number of carbonyl (C=O) groups excluding carboxylic acids is 1. The minimum absolute atomic E-state index is 0.281. The van der Waals surface area contributed by atoms with Gasteiger partial charge in [-0.15, -0.1) is 0 Å². The van der Waals surface area contributed by atoms with E-state index in [0.717, 1.165) is 27.8 Å². The zero-order valence-electron chi connectivity index (χ0n) is 20.3. The van der Waals surface area contributed by atoms with E-state index in [-0.39, 0.29) is 11.4 Å². The molecule has 2 aromatic heterocycles. The number of carbonyl (C=O) groups is 2.